The first kappa shape index (κ1) is 15.8. The van der Waals surface area contributed by atoms with E-state index in [0.29, 0.717) is 6.54 Å². The van der Waals surface area contributed by atoms with Gasteiger partial charge in [0, 0.05) is 35.2 Å². The predicted molar refractivity (Wildman–Crippen MR) is 77.4 cm³/mol. The van der Waals surface area contributed by atoms with E-state index in [0.717, 1.165) is 11.3 Å². The van der Waals surface area contributed by atoms with E-state index in [1.165, 1.54) is 12.1 Å². The fraction of sp³-hybridized carbons (Fsp3) is 0.308. The molecular formula is C13H14ClN3O3S. The molecule has 0 spiro atoms. The Hall–Kier alpha value is -1.57. The van der Waals surface area contributed by atoms with E-state index >= 15 is 0 Å². The van der Waals surface area contributed by atoms with Crippen LogP contribution in [-0.4, -0.2) is 33.9 Å². The van der Waals surface area contributed by atoms with Gasteiger partial charge in [-0.3, -0.25) is 4.79 Å². The van der Waals surface area contributed by atoms with Crippen LogP contribution < -0.4 is 15.4 Å². The van der Waals surface area contributed by atoms with Crippen molar-refractivity contribution in [1.82, 2.24) is 4.90 Å². The molecule has 0 radical (unpaired) electrons. The maximum atomic E-state index is 11.6. The summed E-state index contributed by atoms with van der Waals surface area (Å²) in [6.07, 6.45) is 5.23. The Bertz CT molecular complexity index is 605. The second kappa shape index (κ2) is 6.05. The van der Waals surface area contributed by atoms with Gasteiger partial charge in [-0.05, 0) is 0 Å². The molecule has 2 aliphatic heterocycles. The van der Waals surface area contributed by atoms with Crippen molar-refractivity contribution in [2.24, 2.45) is 5.73 Å². The Kier molecular flexibility index (Phi) is 4.55. The molecule has 1 saturated heterocycles. The van der Waals surface area contributed by atoms with Crippen LogP contribution in [0.1, 0.15) is 10.4 Å². The van der Waals surface area contributed by atoms with Gasteiger partial charge in [0.1, 0.15) is 11.4 Å². The van der Waals surface area contributed by atoms with E-state index in [9.17, 15) is 14.7 Å². The molecule has 3 rings (SSSR count). The third kappa shape index (κ3) is 2.90. The fourth-order valence-corrected chi connectivity index (χ4v) is 3.48. The van der Waals surface area contributed by atoms with Gasteiger partial charge in [-0.15, -0.1) is 24.2 Å². The molecule has 112 valence electrons. The molecular weight excluding hydrogens is 314 g/mol. The number of carbonyl (C=O) groups excluding carboxylic acids is 2. The SMILES string of the molecule is Cl.NC1C(=O)N2C=C(C[n+]3ccc(C(=O)[O-])cc3)CS[C@H]12. The van der Waals surface area contributed by atoms with Crippen LogP contribution in [0.25, 0.3) is 0 Å². The zero-order valence-electron chi connectivity index (χ0n) is 11.0. The summed E-state index contributed by atoms with van der Waals surface area (Å²) in [5.74, 6) is -0.415. The number of fused-ring (bicyclic) bond motifs is 1. The number of β-lactam (4-membered cyclic amide) rings is 1. The molecule has 21 heavy (non-hydrogen) atoms. The first-order valence-corrected chi connectivity index (χ1v) is 7.20. The van der Waals surface area contributed by atoms with Crippen molar-refractivity contribution in [3.05, 3.63) is 41.9 Å². The van der Waals surface area contributed by atoms with Gasteiger partial charge in [0.25, 0.3) is 0 Å². The third-order valence-electron chi connectivity index (χ3n) is 3.39. The Morgan fingerprint density at radius 3 is 2.76 bits per heavy atom. The smallest absolute Gasteiger partial charge is 0.247 e. The van der Waals surface area contributed by atoms with E-state index < -0.39 is 5.97 Å². The number of rotatable bonds is 3. The average molecular weight is 328 g/mol. The van der Waals surface area contributed by atoms with Gasteiger partial charge < -0.3 is 20.5 Å². The van der Waals surface area contributed by atoms with Gasteiger partial charge in [-0.25, -0.2) is 4.57 Å². The summed E-state index contributed by atoms with van der Waals surface area (Å²) in [7, 11) is 0. The molecule has 1 unspecified atom stereocenters. The summed E-state index contributed by atoms with van der Waals surface area (Å²) >= 11 is 1.65. The van der Waals surface area contributed by atoms with Crippen LogP contribution in [0, 0.1) is 0 Å². The number of carboxylic acid groups (broad SMARTS) is 1. The van der Waals surface area contributed by atoms with Crippen LogP contribution in [-0.2, 0) is 11.3 Å². The predicted octanol–water partition coefficient (Wildman–Crippen LogP) is -1.11. The minimum atomic E-state index is -1.19. The highest BCUT2D eigenvalue weighted by molar-refractivity contribution is 8.00. The summed E-state index contributed by atoms with van der Waals surface area (Å²) in [6.45, 7) is 0.617. The van der Waals surface area contributed by atoms with Crippen LogP contribution >= 0.6 is 24.2 Å². The number of aromatic nitrogens is 1. The lowest BCUT2D eigenvalue weighted by Gasteiger charge is -2.45. The van der Waals surface area contributed by atoms with E-state index in [4.69, 9.17) is 5.73 Å². The molecule has 1 fully saturated rings. The van der Waals surface area contributed by atoms with Gasteiger partial charge >= 0.3 is 0 Å². The number of carbonyl (C=O) groups is 2. The molecule has 2 atom stereocenters. The lowest BCUT2D eigenvalue weighted by molar-refractivity contribution is -0.689. The number of halogens is 1. The second-order valence-corrected chi connectivity index (χ2v) is 5.91. The molecule has 6 nitrogen and oxygen atoms in total. The van der Waals surface area contributed by atoms with E-state index in [1.807, 2.05) is 10.8 Å². The maximum absolute atomic E-state index is 11.6. The van der Waals surface area contributed by atoms with Crippen molar-refractivity contribution in [2.45, 2.75) is 18.0 Å². The van der Waals surface area contributed by atoms with E-state index in [-0.39, 0.29) is 35.3 Å². The highest BCUT2D eigenvalue weighted by Crippen LogP contribution is 2.34. The van der Waals surface area contributed by atoms with Crippen molar-refractivity contribution < 1.29 is 19.3 Å². The van der Waals surface area contributed by atoms with Gasteiger partial charge in [0.05, 0.1) is 5.97 Å². The van der Waals surface area contributed by atoms with Crippen LogP contribution in [0.3, 0.4) is 0 Å². The molecule has 0 bridgehead atoms. The van der Waals surface area contributed by atoms with E-state index in [2.05, 4.69) is 0 Å². The molecule has 0 saturated carbocycles. The van der Waals surface area contributed by atoms with Gasteiger partial charge in [0.15, 0.2) is 18.9 Å². The number of aromatic carboxylic acids is 1. The fourth-order valence-electron chi connectivity index (χ4n) is 2.28. The largest absolute Gasteiger partial charge is 0.545 e. The molecule has 8 heteroatoms. The number of pyridine rings is 1. The van der Waals surface area contributed by atoms with Gasteiger partial charge in [-0.1, -0.05) is 0 Å². The number of thioether (sulfide) groups is 1. The second-order valence-electron chi connectivity index (χ2n) is 4.81. The number of nitrogens with two attached hydrogens (primary N) is 1. The minimum Gasteiger partial charge on any atom is -0.545 e. The molecule has 3 heterocycles. The van der Waals surface area contributed by atoms with Crippen molar-refractivity contribution in [3.63, 3.8) is 0 Å². The summed E-state index contributed by atoms with van der Waals surface area (Å²) in [5, 5.41) is 10.7. The van der Waals surface area contributed by atoms with E-state index in [1.54, 1.807) is 29.1 Å². The Morgan fingerprint density at radius 2 is 2.14 bits per heavy atom. The highest BCUT2D eigenvalue weighted by atomic mass is 35.5. The number of nitrogens with zero attached hydrogens (tertiary/aromatic N) is 2. The first-order chi connectivity index (χ1) is 9.56. The zero-order chi connectivity index (χ0) is 14.3. The van der Waals surface area contributed by atoms with Crippen LogP contribution in [0.15, 0.2) is 36.3 Å². The Balaban J connectivity index is 0.00000161. The zero-order valence-corrected chi connectivity index (χ0v) is 12.6. The summed E-state index contributed by atoms with van der Waals surface area (Å²) in [5.41, 5.74) is 6.96. The normalized spacial score (nSPS) is 23.6. The third-order valence-corrected chi connectivity index (χ3v) is 4.79. The molecule has 1 aromatic rings. The lowest BCUT2D eigenvalue weighted by atomic mass is 10.1. The average Bonchev–Trinajstić information content (AvgIpc) is 2.47. The number of amides is 1. The standard InChI is InChI=1S/C13H13N3O3S.ClH/c14-10-11(17)16-6-8(7-20-12(10)16)5-15-3-1-9(2-4-15)13(18)19;/h1-4,6,10,12H,5,7,14H2;1H/t10?,12-;/m1./s1. The Morgan fingerprint density at radius 1 is 1.48 bits per heavy atom. The summed E-state index contributed by atoms with van der Waals surface area (Å²) in [4.78, 5) is 23.9. The van der Waals surface area contributed by atoms with Crippen LogP contribution in [0.5, 0.6) is 0 Å². The van der Waals surface area contributed by atoms with Crippen molar-refractivity contribution in [2.75, 3.05) is 5.75 Å². The number of hydrogen-bond acceptors (Lipinski definition) is 5. The molecule has 2 N–H and O–H groups in total. The van der Waals surface area contributed by atoms with Crippen LogP contribution in [0.4, 0.5) is 0 Å². The summed E-state index contributed by atoms with van der Waals surface area (Å²) < 4.78 is 1.86. The van der Waals surface area contributed by atoms with Gasteiger partial charge in [0.2, 0.25) is 5.91 Å². The Labute approximate surface area is 132 Å². The van der Waals surface area contributed by atoms with Gasteiger partial charge in [-0.2, -0.15) is 0 Å². The molecule has 1 aromatic heterocycles. The summed E-state index contributed by atoms with van der Waals surface area (Å²) in [6, 6.07) is 2.62. The van der Waals surface area contributed by atoms with Crippen molar-refractivity contribution >= 4 is 36.0 Å². The maximum Gasteiger partial charge on any atom is 0.247 e. The first-order valence-electron chi connectivity index (χ1n) is 6.15. The molecule has 0 aromatic carbocycles. The van der Waals surface area contributed by atoms with Crippen molar-refractivity contribution in [1.29, 1.82) is 0 Å². The number of hydrogen-bond donors (Lipinski definition) is 1. The molecule has 2 aliphatic rings. The topological polar surface area (TPSA) is 90.3 Å². The molecule has 1 amide bonds. The lowest BCUT2D eigenvalue weighted by Crippen LogP contribution is -2.66. The monoisotopic (exact) mass is 327 g/mol. The van der Waals surface area contributed by atoms with Crippen LogP contribution in [0.2, 0.25) is 0 Å². The number of carboxylic acids is 1. The molecule has 0 aliphatic carbocycles. The quantitative estimate of drug-likeness (QED) is 0.561. The van der Waals surface area contributed by atoms with Crippen molar-refractivity contribution in [3.8, 4) is 0 Å². The highest BCUT2D eigenvalue weighted by Gasteiger charge is 2.46. The minimum absolute atomic E-state index is 0.